The average Bonchev–Trinajstić information content (AvgIpc) is 2.66. The van der Waals surface area contributed by atoms with Crippen molar-refractivity contribution >= 4 is 15.7 Å². The zero-order valence-corrected chi connectivity index (χ0v) is 12.0. The van der Waals surface area contributed by atoms with Crippen LogP contribution in [0.3, 0.4) is 0 Å². The highest BCUT2D eigenvalue weighted by molar-refractivity contribution is 7.89. The Kier molecular flexibility index (Phi) is 4.86. The Morgan fingerprint density at radius 3 is 2.81 bits per heavy atom. The summed E-state index contributed by atoms with van der Waals surface area (Å²) in [6.07, 6.45) is 2.18. The Labute approximate surface area is 121 Å². The molecule has 0 spiro atoms. The van der Waals surface area contributed by atoms with E-state index in [1.54, 1.807) is 0 Å². The van der Waals surface area contributed by atoms with E-state index in [0.29, 0.717) is 19.4 Å². The predicted octanol–water partition coefficient (Wildman–Crippen LogP) is 1.15. The summed E-state index contributed by atoms with van der Waals surface area (Å²) in [5.74, 6) is -1.06. The summed E-state index contributed by atoms with van der Waals surface area (Å²) in [6.45, 7) is 1.54. The van der Waals surface area contributed by atoms with Gasteiger partial charge in [0.05, 0.1) is 9.82 Å². The minimum absolute atomic E-state index is 0.228. The first kappa shape index (κ1) is 15.8. The second kappa shape index (κ2) is 6.46. The lowest BCUT2D eigenvalue weighted by Gasteiger charge is -2.16. The molecule has 1 aromatic carbocycles. The van der Waals surface area contributed by atoms with Crippen molar-refractivity contribution < 1.29 is 17.7 Å². The number of hydrogen-bond donors (Lipinski definition) is 2. The van der Waals surface area contributed by atoms with Crippen LogP contribution in [0.1, 0.15) is 19.3 Å². The molecule has 2 rings (SSSR count). The van der Waals surface area contributed by atoms with Crippen LogP contribution in [0, 0.1) is 15.9 Å². The van der Waals surface area contributed by atoms with Crippen molar-refractivity contribution in [2.45, 2.75) is 30.2 Å². The van der Waals surface area contributed by atoms with Crippen molar-refractivity contribution in [2.24, 2.45) is 0 Å². The largest absolute Gasteiger partial charge is 0.317 e. The van der Waals surface area contributed by atoms with Crippen molar-refractivity contribution in [1.29, 1.82) is 0 Å². The summed E-state index contributed by atoms with van der Waals surface area (Å²) in [6, 6.07) is 2.34. The first-order chi connectivity index (χ1) is 9.90. The molecular weight excluding hydrogens is 301 g/mol. The van der Waals surface area contributed by atoms with Gasteiger partial charge in [-0.15, -0.1) is 0 Å². The average molecular weight is 317 g/mol. The van der Waals surface area contributed by atoms with Crippen molar-refractivity contribution in [2.75, 3.05) is 13.1 Å². The molecule has 0 aliphatic carbocycles. The number of halogens is 1. The number of nitro benzene ring substituents is 1. The minimum atomic E-state index is -3.90. The van der Waals surface area contributed by atoms with Crippen LogP contribution in [0.2, 0.25) is 0 Å². The summed E-state index contributed by atoms with van der Waals surface area (Å²) in [4.78, 5) is 9.44. The normalized spacial score (nSPS) is 20.0. The third-order valence-corrected chi connectivity index (χ3v) is 4.84. The molecule has 1 aliphatic rings. The highest BCUT2D eigenvalue weighted by atomic mass is 32.2. The van der Waals surface area contributed by atoms with Crippen LogP contribution in [0.5, 0.6) is 0 Å². The van der Waals surface area contributed by atoms with Gasteiger partial charge >= 0.3 is 5.69 Å². The van der Waals surface area contributed by atoms with Crippen molar-refractivity contribution in [3.05, 3.63) is 34.1 Å². The number of nitro groups is 1. The first-order valence-corrected chi connectivity index (χ1v) is 8.05. The fourth-order valence-corrected chi connectivity index (χ4v) is 3.55. The molecule has 9 heteroatoms. The molecule has 0 bridgehead atoms. The summed E-state index contributed by atoms with van der Waals surface area (Å²) >= 11 is 0. The third kappa shape index (κ3) is 3.96. The van der Waals surface area contributed by atoms with Gasteiger partial charge in [-0.05, 0) is 44.5 Å². The number of hydrogen-bond acceptors (Lipinski definition) is 5. The first-order valence-electron chi connectivity index (χ1n) is 6.57. The minimum Gasteiger partial charge on any atom is -0.317 e. The molecule has 0 aromatic heterocycles. The smallest absolute Gasteiger partial charge is 0.306 e. The monoisotopic (exact) mass is 317 g/mol. The van der Waals surface area contributed by atoms with Gasteiger partial charge in [-0.2, -0.15) is 4.39 Å². The number of rotatable bonds is 4. The highest BCUT2D eigenvalue weighted by Crippen LogP contribution is 2.22. The predicted molar refractivity (Wildman–Crippen MR) is 73.9 cm³/mol. The quantitative estimate of drug-likeness (QED) is 0.641. The highest BCUT2D eigenvalue weighted by Gasteiger charge is 2.24. The molecule has 0 amide bonds. The van der Waals surface area contributed by atoms with Gasteiger partial charge in [0, 0.05) is 12.1 Å². The molecule has 21 heavy (non-hydrogen) atoms. The lowest BCUT2D eigenvalue weighted by Crippen LogP contribution is -2.35. The van der Waals surface area contributed by atoms with Gasteiger partial charge < -0.3 is 5.32 Å². The van der Waals surface area contributed by atoms with Crippen LogP contribution >= 0.6 is 0 Å². The van der Waals surface area contributed by atoms with Crippen LogP contribution in [-0.4, -0.2) is 32.5 Å². The zero-order valence-electron chi connectivity index (χ0n) is 11.2. The Hall–Kier alpha value is -1.58. The maximum Gasteiger partial charge on any atom is 0.306 e. The van der Waals surface area contributed by atoms with E-state index in [-0.39, 0.29) is 10.9 Å². The molecule has 1 heterocycles. The molecule has 1 fully saturated rings. The Balaban J connectivity index is 2.22. The second-order valence-electron chi connectivity index (χ2n) is 4.87. The van der Waals surface area contributed by atoms with E-state index in [1.165, 1.54) is 0 Å². The Morgan fingerprint density at radius 1 is 1.33 bits per heavy atom. The molecule has 1 atom stereocenters. The molecule has 1 saturated heterocycles. The van der Waals surface area contributed by atoms with E-state index in [9.17, 15) is 22.9 Å². The summed E-state index contributed by atoms with van der Waals surface area (Å²) in [5, 5.41) is 13.8. The molecular formula is C12H16FN3O4S. The van der Waals surface area contributed by atoms with Gasteiger partial charge in [-0.25, -0.2) is 13.1 Å². The summed E-state index contributed by atoms with van der Waals surface area (Å²) in [7, 11) is -3.90. The van der Waals surface area contributed by atoms with Crippen LogP contribution in [0.15, 0.2) is 23.1 Å². The van der Waals surface area contributed by atoms with Crippen LogP contribution < -0.4 is 10.0 Å². The van der Waals surface area contributed by atoms with Gasteiger partial charge in [0.15, 0.2) is 0 Å². The molecule has 0 radical (unpaired) electrons. The van der Waals surface area contributed by atoms with Gasteiger partial charge in [-0.1, -0.05) is 0 Å². The van der Waals surface area contributed by atoms with Crippen LogP contribution in [0.25, 0.3) is 0 Å². The van der Waals surface area contributed by atoms with Crippen LogP contribution in [-0.2, 0) is 10.0 Å². The van der Waals surface area contributed by atoms with Gasteiger partial charge in [0.2, 0.25) is 15.8 Å². The van der Waals surface area contributed by atoms with Gasteiger partial charge in [0.1, 0.15) is 0 Å². The lowest BCUT2D eigenvalue weighted by atomic mass is 10.1. The van der Waals surface area contributed by atoms with E-state index in [4.69, 9.17) is 0 Å². The van der Waals surface area contributed by atoms with Gasteiger partial charge in [0.25, 0.3) is 0 Å². The molecule has 2 N–H and O–H groups in total. The van der Waals surface area contributed by atoms with Crippen LogP contribution in [0.4, 0.5) is 10.1 Å². The zero-order chi connectivity index (χ0) is 15.5. The number of nitrogens with one attached hydrogen (secondary N) is 2. The maximum absolute atomic E-state index is 13.3. The topological polar surface area (TPSA) is 101 Å². The van der Waals surface area contributed by atoms with Gasteiger partial charge in [-0.3, -0.25) is 10.1 Å². The van der Waals surface area contributed by atoms with E-state index in [1.807, 2.05) is 0 Å². The molecule has 7 nitrogen and oxygen atoms in total. The number of sulfonamides is 1. The van der Waals surface area contributed by atoms with E-state index >= 15 is 0 Å². The SMILES string of the molecule is O=[N+]([O-])c1cc(S(=O)(=O)NC2CCCNCC2)ccc1F. The van der Waals surface area contributed by atoms with E-state index in [2.05, 4.69) is 10.0 Å². The Morgan fingerprint density at radius 2 is 2.10 bits per heavy atom. The van der Waals surface area contributed by atoms with E-state index < -0.39 is 26.5 Å². The standard InChI is InChI=1S/C12H16FN3O4S/c13-11-4-3-10(8-12(11)16(17)18)21(19,20)15-9-2-1-6-14-7-5-9/h3-4,8-9,14-15H,1-2,5-7H2. The molecule has 1 aliphatic heterocycles. The molecule has 1 aromatic rings. The summed E-state index contributed by atoms with van der Waals surface area (Å²) in [5.41, 5.74) is -0.847. The third-order valence-electron chi connectivity index (χ3n) is 3.32. The van der Waals surface area contributed by atoms with Crippen molar-refractivity contribution in [3.8, 4) is 0 Å². The lowest BCUT2D eigenvalue weighted by molar-refractivity contribution is -0.387. The fraction of sp³-hybridized carbons (Fsp3) is 0.500. The van der Waals surface area contributed by atoms with Crippen molar-refractivity contribution in [1.82, 2.24) is 10.0 Å². The van der Waals surface area contributed by atoms with E-state index in [0.717, 1.165) is 31.2 Å². The fourth-order valence-electron chi connectivity index (χ4n) is 2.22. The number of benzene rings is 1. The molecule has 116 valence electrons. The molecule has 0 saturated carbocycles. The van der Waals surface area contributed by atoms with Crippen molar-refractivity contribution in [3.63, 3.8) is 0 Å². The maximum atomic E-state index is 13.3. The molecule has 1 unspecified atom stereocenters. The summed E-state index contributed by atoms with van der Waals surface area (Å²) < 4.78 is 40.2. The second-order valence-corrected chi connectivity index (χ2v) is 6.58. The number of nitrogens with zero attached hydrogens (tertiary/aromatic N) is 1. The Bertz CT molecular complexity index is 627.